The Bertz CT molecular complexity index is 454. The first-order valence-corrected chi connectivity index (χ1v) is 5.83. The molecule has 1 rings (SSSR count). The van der Waals surface area contributed by atoms with E-state index in [9.17, 15) is 4.79 Å². The molecule has 0 bridgehead atoms. The second kappa shape index (κ2) is 6.26. The second-order valence-corrected chi connectivity index (χ2v) is 4.06. The lowest BCUT2D eigenvalue weighted by Crippen LogP contribution is -2.14. The Morgan fingerprint density at radius 1 is 1.59 bits per heavy atom. The summed E-state index contributed by atoms with van der Waals surface area (Å²) in [6.45, 7) is 1.96. The van der Waals surface area contributed by atoms with Crippen molar-refractivity contribution in [2.24, 2.45) is 0 Å². The summed E-state index contributed by atoms with van der Waals surface area (Å²) in [4.78, 5) is 11.5. The Labute approximate surface area is 108 Å². The molecule has 90 valence electrons. The summed E-state index contributed by atoms with van der Waals surface area (Å²) < 4.78 is 10.6. The molecule has 0 saturated carbocycles. The Balaban J connectivity index is 3.02. The van der Waals surface area contributed by atoms with Gasteiger partial charge in [0, 0.05) is 0 Å². The van der Waals surface area contributed by atoms with E-state index in [1.807, 2.05) is 6.07 Å². The van der Waals surface area contributed by atoms with Gasteiger partial charge in [-0.05, 0) is 40.5 Å². The largest absolute Gasteiger partial charge is 0.496 e. The van der Waals surface area contributed by atoms with Gasteiger partial charge < -0.3 is 9.47 Å². The molecule has 0 N–H and O–H groups in total. The summed E-state index contributed by atoms with van der Waals surface area (Å²) in [7, 11) is 1.55. The van der Waals surface area contributed by atoms with Gasteiger partial charge in [-0.1, -0.05) is 6.07 Å². The van der Waals surface area contributed by atoms with Crippen LogP contribution in [0.2, 0.25) is 0 Å². The average Bonchev–Trinajstić information content (AvgIpc) is 2.30. The van der Waals surface area contributed by atoms with Gasteiger partial charge >= 0.3 is 5.97 Å². The Morgan fingerprint density at radius 3 is 2.76 bits per heavy atom. The van der Waals surface area contributed by atoms with Crippen molar-refractivity contribution in [2.45, 2.75) is 12.8 Å². The van der Waals surface area contributed by atoms with E-state index in [2.05, 4.69) is 15.9 Å². The number of halogens is 1. The quantitative estimate of drug-likeness (QED) is 0.802. The van der Waals surface area contributed by atoms with Crippen molar-refractivity contribution < 1.29 is 14.3 Å². The SMILES string of the molecule is CCOC(=O)[C@@H](C#N)c1ccc(OC)c(Br)c1. The number of carbonyl (C=O) groups is 1. The third-order valence-corrected chi connectivity index (χ3v) is 2.78. The van der Waals surface area contributed by atoms with Gasteiger partial charge in [0.2, 0.25) is 0 Å². The molecule has 0 saturated heterocycles. The van der Waals surface area contributed by atoms with E-state index < -0.39 is 11.9 Å². The monoisotopic (exact) mass is 297 g/mol. The first-order valence-electron chi connectivity index (χ1n) is 5.03. The highest BCUT2D eigenvalue weighted by Crippen LogP contribution is 2.29. The van der Waals surface area contributed by atoms with Gasteiger partial charge in [0.15, 0.2) is 5.92 Å². The molecular formula is C12H12BrNO3. The van der Waals surface area contributed by atoms with Crippen molar-refractivity contribution in [3.05, 3.63) is 28.2 Å². The highest BCUT2D eigenvalue weighted by atomic mass is 79.9. The lowest BCUT2D eigenvalue weighted by atomic mass is 10.0. The van der Waals surface area contributed by atoms with E-state index in [4.69, 9.17) is 14.7 Å². The van der Waals surface area contributed by atoms with Crippen LogP contribution in [0.4, 0.5) is 0 Å². The first-order chi connectivity index (χ1) is 8.13. The molecule has 0 spiro atoms. The van der Waals surface area contributed by atoms with Crippen LogP contribution < -0.4 is 4.74 Å². The van der Waals surface area contributed by atoms with Crippen LogP contribution in [-0.2, 0) is 9.53 Å². The summed E-state index contributed by atoms with van der Waals surface area (Å²) in [6, 6.07) is 6.99. The number of methoxy groups -OCH3 is 1. The van der Waals surface area contributed by atoms with Crippen molar-refractivity contribution in [1.82, 2.24) is 0 Å². The van der Waals surface area contributed by atoms with Crippen molar-refractivity contribution in [1.29, 1.82) is 5.26 Å². The molecule has 1 aromatic rings. The zero-order chi connectivity index (χ0) is 12.8. The van der Waals surface area contributed by atoms with Crippen LogP contribution in [0.25, 0.3) is 0 Å². The minimum absolute atomic E-state index is 0.258. The van der Waals surface area contributed by atoms with Crippen LogP contribution in [-0.4, -0.2) is 19.7 Å². The molecule has 1 atom stereocenters. The molecule has 0 aromatic heterocycles. The summed E-state index contributed by atoms with van der Waals surface area (Å²) >= 11 is 3.31. The Morgan fingerprint density at radius 2 is 2.29 bits per heavy atom. The minimum Gasteiger partial charge on any atom is -0.496 e. The number of hydrogen-bond acceptors (Lipinski definition) is 4. The molecule has 17 heavy (non-hydrogen) atoms. The minimum atomic E-state index is -0.905. The lowest BCUT2D eigenvalue weighted by molar-refractivity contribution is -0.143. The number of hydrogen-bond donors (Lipinski definition) is 0. The number of ether oxygens (including phenoxy) is 2. The first kappa shape index (κ1) is 13.5. The van der Waals surface area contributed by atoms with E-state index in [1.165, 1.54) is 0 Å². The number of benzene rings is 1. The number of nitriles is 1. The van der Waals surface area contributed by atoms with Crippen molar-refractivity contribution in [3.63, 3.8) is 0 Å². The van der Waals surface area contributed by atoms with Crippen molar-refractivity contribution >= 4 is 21.9 Å². The molecule has 1 aromatic carbocycles. The molecule has 0 heterocycles. The van der Waals surface area contributed by atoms with Gasteiger partial charge in [-0.2, -0.15) is 5.26 Å². The zero-order valence-corrected chi connectivity index (χ0v) is 11.2. The molecule has 0 unspecified atom stereocenters. The second-order valence-electron chi connectivity index (χ2n) is 3.21. The molecule has 0 fully saturated rings. The third-order valence-electron chi connectivity index (χ3n) is 2.16. The van der Waals surface area contributed by atoms with E-state index in [1.54, 1.807) is 32.2 Å². The van der Waals surface area contributed by atoms with Crippen LogP contribution in [0.3, 0.4) is 0 Å². The fraction of sp³-hybridized carbons (Fsp3) is 0.333. The van der Waals surface area contributed by atoms with E-state index >= 15 is 0 Å². The van der Waals surface area contributed by atoms with Crippen LogP contribution in [0.5, 0.6) is 5.75 Å². The summed E-state index contributed by atoms with van der Waals surface area (Å²) in [5.41, 5.74) is 0.582. The third kappa shape index (κ3) is 3.21. The van der Waals surface area contributed by atoms with Gasteiger partial charge in [-0.3, -0.25) is 4.79 Å². The topological polar surface area (TPSA) is 59.3 Å². The molecule has 0 amide bonds. The van der Waals surface area contributed by atoms with Crippen molar-refractivity contribution in [2.75, 3.05) is 13.7 Å². The van der Waals surface area contributed by atoms with Crippen molar-refractivity contribution in [3.8, 4) is 11.8 Å². The summed E-state index contributed by atoms with van der Waals surface area (Å²) in [6.07, 6.45) is 0. The predicted octanol–water partition coefficient (Wildman–Crippen LogP) is 2.63. The van der Waals surface area contributed by atoms with E-state index in [-0.39, 0.29) is 6.61 Å². The Kier molecular flexibility index (Phi) is 4.98. The molecule has 0 aliphatic rings. The van der Waals surface area contributed by atoms with Gasteiger partial charge in [-0.15, -0.1) is 0 Å². The van der Waals surface area contributed by atoms with Crippen LogP contribution in [0.1, 0.15) is 18.4 Å². The molecule has 0 aliphatic carbocycles. The molecule has 0 aliphatic heterocycles. The average molecular weight is 298 g/mol. The smallest absolute Gasteiger partial charge is 0.327 e. The van der Waals surface area contributed by atoms with E-state index in [0.29, 0.717) is 15.8 Å². The van der Waals surface area contributed by atoms with E-state index in [0.717, 1.165) is 0 Å². The lowest BCUT2D eigenvalue weighted by Gasteiger charge is -2.10. The fourth-order valence-corrected chi connectivity index (χ4v) is 1.91. The Hall–Kier alpha value is -1.54. The molecule has 0 radical (unpaired) electrons. The molecule has 4 nitrogen and oxygen atoms in total. The maximum Gasteiger partial charge on any atom is 0.327 e. The maximum absolute atomic E-state index is 11.5. The predicted molar refractivity (Wildman–Crippen MR) is 65.7 cm³/mol. The van der Waals surface area contributed by atoms with Crippen LogP contribution in [0, 0.1) is 11.3 Å². The summed E-state index contributed by atoms with van der Waals surface area (Å²) in [5, 5.41) is 9.00. The highest BCUT2D eigenvalue weighted by Gasteiger charge is 2.22. The number of rotatable bonds is 4. The molecular weight excluding hydrogens is 286 g/mol. The van der Waals surface area contributed by atoms with Crippen LogP contribution >= 0.6 is 15.9 Å². The van der Waals surface area contributed by atoms with Gasteiger partial charge in [0.05, 0.1) is 24.3 Å². The summed E-state index contributed by atoms with van der Waals surface area (Å²) in [5.74, 6) is -0.793. The zero-order valence-electron chi connectivity index (χ0n) is 9.57. The fourth-order valence-electron chi connectivity index (χ4n) is 1.35. The van der Waals surface area contributed by atoms with Gasteiger partial charge in [0.25, 0.3) is 0 Å². The number of nitrogens with zero attached hydrogens (tertiary/aromatic N) is 1. The normalized spacial score (nSPS) is 11.4. The number of carbonyl (C=O) groups excluding carboxylic acids is 1. The van der Waals surface area contributed by atoms with Gasteiger partial charge in [-0.25, -0.2) is 0 Å². The van der Waals surface area contributed by atoms with Crippen LogP contribution in [0.15, 0.2) is 22.7 Å². The maximum atomic E-state index is 11.5. The number of esters is 1. The molecule has 5 heteroatoms. The highest BCUT2D eigenvalue weighted by molar-refractivity contribution is 9.10. The standard InChI is InChI=1S/C12H12BrNO3/c1-3-17-12(15)9(7-14)8-4-5-11(16-2)10(13)6-8/h4-6,9H,3H2,1-2H3/t9-/m0/s1. The van der Waals surface area contributed by atoms with Gasteiger partial charge in [0.1, 0.15) is 5.75 Å².